The average molecular weight is 218 g/mol. The minimum absolute atomic E-state index is 0.287. The highest BCUT2D eigenvalue weighted by molar-refractivity contribution is 5.64. The van der Waals surface area contributed by atoms with Crippen molar-refractivity contribution in [2.75, 3.05) is 18.5 Å². The average Bonchev–Trinajstić information content (AvgIpc) is 2.55. The number of fused-ring (bicyclic) bond motifs is 1. The topological polar surface area (TPSA) is 29.3 Å². The van der Waals surface area contributed by atoms with Gasteiger partial charge in [-0.15, -0.1) is 0 Å². The summed E-state index contributed by atoms with van der Waals surface area (Å²) < 4.78 is 0. The molecule has 2 rings (SSSR count). The van der Waals surface area contributed by atoms with Gasteiger partial charge in [0.1, 0.15) is 0 Å². The zero-order valence-corrected chi connectivity index (χ0v) is 10.5. The van der Waals surface area contributed by atoms with Crippen molar-refractivity contribution in [2.45, 2.75) is 38.6 Å². The van der Waals surface area contributed by atoms with Crippen molar-refractivity contribution in [3.8, 4) is 0 Å². The van der Waals surface area contributed by atoms with Gasteiger partial charge in [-0.1, -0.05) is 25.1 Å². The van der Waals surface area contributed by atoms with Gasteiger partial charge in [-0.25, -0.2) is 0 Å². The van der Waals surface area contributed by atoms with Gasteiger partial charge in [0, 0.05) is 31.2 Å². The predicted molar refractivity (Wildman–Crippen MR) is 70.1 cm³/mol. The number of aryl methyl sites for hydroxylation is 1. The molecule has 0 radical (unpaired) electrons. The van der Waals surface area contributed by atoms with Gasteiger partial charge in [0.15, 0.2) is 0 Å². The van der Waals surface area contributed by atoms with Crippen molar-refractivity contribution in [1.29, 1.82) is 0 Å². The zero-order valence-electron chi connectivity index (χ0n) is 10.5. The van der Waals surface area contributed by atoms with E-state index in [0.29, 0.717) is 5.92 Å². The van der Waals surface area contributed by atoms with Crippen LogP contribution in [0.2, 0.25) is 0 Å². The lowest BCUT2D eigenvalue weighted by Crippen LogP contribution is -2.22. The number of anilines is 1. The highest BCUT2D eigenvalue weighted by Crippen LogP contribution is 2.40. The smallest absolute Gasteiger partial charge is 0.0432 e. The zero-order chi connectivity index (χ0) is 11.7. The predicted octanol–water partition coefficient (Wildman–Crippen LogP) is 2.52. The van der Waals surface area contributed by atoms with Crippen LogP contribution in [0.15, 0.2) is 18.2 Å². The van der Waals surface area contributed by atoms with E-state index in [1.807, 2.05) is 0 Å². The second kappa shape index (κ2) is 4.46. The van der Waals surface area contributed by atoms with Crippen LogP contribution in [0, 0.1) is 0 Å². The molecule has 2 unspecified atom stereocenters. The van der Waals surface area contributed by atoms with Crippen LogP contribution in [0.4, 0.5) is 5.69 Å². The van der Waals surface area contributed by atoms with E-state index in [0.717, 1.165) is 19.4 Å². The maximum Gasteiger partial charge on any atom is 0.0432 e. The van der Waals surface area contributed by atoms with Crippen molar-refractivity contribution in [3.05, 3.63) is 29.3 Å². The Labute approximate surface area is 98.4 Å². The summed E-state index contributed by atoms with van der Waals surface area (Å²) in [5.74, 6) is 0.617. The standard InChI is InChI=1S/C14H22N2/c1-4-11-6-5-7-13-12(8-10(2)15)9-16(3)14(11)13/h5-7,10,12H,4,8-9,15H2,1-3H3. The molecule has 16 heavy (non-hydrogen) atoms. The summed E-state index contributed by atoms with van der Waals surface area (Å²) in [6.07, 6.45) is 2.20. The first-order chi connectivity index (χ1) is 7.63. The third kappa shape index (κ3) is 1.94. The van der Waals surface area contributed by atoms with Gasteiger partial charge in [-0.2, -0.15) is 0 Å². The molecule has 0 saturated heterocycles. The summed E-state index contributed by atoms with van der Waals surface area (Å²) in [4.78, 5) is 2.39. The number of hydrogen-bond donors (Lipinski definition) is 1. The van der Waals surface area contributed by atoms with Gasteiger partial charge in [-0.3, -0.25) is 0 Å². The highest BCUT2D eigenvalue weighted by Gasteiger charge is 2.28. The molecule has 0 aliphatic carbocycles. The molecule has 1 aromatic carbocycles. The first kappa shape index (κ1) is 11.5. The van der Waals surface area contributed by atoms with Crippen LogP contribution in [0.25, 0.3) is 0 Å². The van der Waals surface area contributed by atoms with E-state index in [1.165, 1.54) is 16.8 Å². The van der Waals surface area contributed by atoms with E-state index in [-0.39, 0.29) is 6.04 Å². The number of likely N-dealkylation sites (N-methyl/N-ethyl adjacent to an activating group) is 1. The molecule has 2 heteroatoms. The number of hydrogen-bond acceptors (Lipinski definition) is 2. The molecule has 0 spiro atoms. The van der Waals surface area contributed by atoms with Gasteiger partial charge < -0.3 is 10.6 Å². The first-order valence-corrected chi connectivity index (χ1v) is 6.22. The molecule has 1 heterocycles. The molecule has 0 bridgehead atoms. The minimum atomic E-state index is 0.287. The number of nitrogens with two attached hydrogens (primary N) is 1. The van der Waals surface area contributed by atoms with Crippen LogP contribution >= 0.6 is 0 Å². The molecular weight excluding hydrogens is 196 g/mol. The van der Waals surface area contributed by atoms with E-state index < -0.39 is 0 Å². The van der Waals surface area contributed by atoms with Crippen LogP contribution in [-0.2, 0) is 6.42 Å². The molecule has 88 valence electrons. The van der Waals surface area contributed by atoms with Gasteiger partial charge in [0.05, 0.1) is 0 Å². The van der Waals surface area contributed by atoms with Crippen LogP contribution < -0.4 is 10.6 Å². The number of rotatable bonds is 3. The quantitative estimate of drug-likeness (QED) is 0.844. The van der Waals surface area contributed by atoms with E-state index in [4.69, 9.17) is 5.73 Å². The maximum absolute atomic E-state index is 5.93. The lowest BCUT2D eigenvalue weighted by atomic mass is 9.93. The van der Waals surface area contributed by atoms with Crippen LogP contribution in [-0.4, -0.2) is 19.6 Å². The largest absolute Gasteiger partial charge is 0.374 e. The molecular formula is C14H22N2. The third-order valence-corrected chi connectivity index (χ3v) is 3.50. The molecule has 0 aromatic heterocycles. The van der Waals surface area contributed by atoms with Crippen LogP contribution in [0.5, 0.6) is 0 Å². The Balaban J connectivity index is 2.35. The van der Waals surface area contributed by atoms with Gasteiger partial charge in [0.2, 0.25) is 0 Å². The Morgan fingerprint density at radius 2 is 2.25 bits per heavy atom. The number of benzene rings is 1. The molecule has 2 atom stereocenters. The van der Waals surface area contributed by atoms with Crippen molar-refractivity contribution in [2.24, 2.45) is 5.73 Å². The summed E-state index contributed by atoms with van der Waals surface area (Å²) in [5.41, 5.74) is 10.3. The monoisotopic (exact) mass is 218 g/mol. The second-order valence-electron chi connectivity index (χ2n) is 5.00. The highest BCUT2D eigenvalue weighted by atomic mass is 15.1. The Morgan fingerprint density at radius 3 is 2.88 bits per heavy atom. The first-order valence-electron chi connectivity index (χ1n) is 6.22. The van der Waals surface area contributed by atoms with E-state index >= 15 is 0 Å². The fraction of sp³-hybridized carbons (Fsp3) is 0.571. The second-order valence-corrected chi connectivity index (χ2v) is 5.00. The fourth-order valence-corrected chi connectivity index (χ4v) is 2.86. The summed E-state index contributed by atoms with van der Waals surface area (Å²) in [7, 11) is 2.19. The maximum atomic E-state index is 5.93. The molecule has 1 aromatic rings. The lowest BCUT2D eigenvalue weighted by molar-refractivity contribution is 0.572. The Kier molecular flexibility index (Phi) is 3.20. The molecule has 1 aliphatic rings. The number of para-hydroxylation sites is 1. The third-order valence-electron chi connectivity index (χ3n) is 3.50. The molecule has 0 fully saturated rings. The molecule has 1 aliphatic heterocycles. The summed E-state index contributed by atoms with van der Waals surface area (Å²) >= 11 is 0. The Morgan fingerprint density at radius 1 is 1.50 bits per heavy atom. The van der Waals surface area contributed by atoms with E-state index in [2.05, 4.69) is 44.0 Å². The molecule has 2 nitrogen and oxygen atoms in total. The minimum Gasteiger partial charge on any atom is -0.374 e. The van der Waals surface area contributed by atoms with Gasteiger partial charge >= 0.3 is 0 Å². The molecule has 0 saturated carbocycles. The van der Waals surface area contributed by atoms with Gasteiger partial charge in [0.25, 0.3) is 0 Å². The van der Waals surface area contributed by atoms with Crippen molar-refractivity contribution < 1.29 is 0 Å². The fourth-order valence-electron chi connectivity index (χ4n) is 2.86. The van der Waals surface area contributed by atoms with Gasteiger partial charge in [-0.05, 0) is 30.9 Å². The lowest BCUT2D eigenvalue weighted by Gasteiger charge is -2.15. The molecule has 2 N–H and O–H groups in total. The van der Waals surface area contributed by atoms with E-state index in [9.17, 15) is 0 Å². The Hall–Kier alpha value is -1.02. The summed E-state index contributed by atoms with van der Waals surface area (Å²) in [5, 5.41) is 0. The van der Waals surface area contributed by atoms with Crippen LogP contribution in [0.1, 0.15) is 37.3 Å². The number of nitrogens with zero attached hydrogens (tertiary/aromatic N) is 1. The summed E-state index contributed by atoms with van der Waals surface area (Å²) in [6.45, 7) is 5.44. The van der Waals surface area contributed by atoms with Crippen molar-refractivity contribution in [3.63, 3.8) is 0 Å². The normalized spacial score (nSPS) is 21.0. The van der Waals surface area contributed by atoms with Crippen molar-refractivity contribution in [1.82, 2.24) is 0 Å². The van der Waals surface area contributed by atoms with E-state index in [1.54, 1.807) is 0 Å². The van der Waals surface area contributed by atoms with Crippen LogP contribution in [0.3, 0.4) is 0 Å². The SMILES string of the molecule is CCc1cccc2c1N(C)CC2CC(C)N. The summed E-state index contributed by atoms with van der Waals surface area (Å²) in [6, 6.07) is 6.98. The Bertz CT molecular complexity index is 371. The van der Waals surface area contributed by atoms with Crippen molar-refractivity contribution >= 4 is 5.69 Å². The molecule has 0 amide bonds.